The zero-order valence-corrected chi connectivity index (χ0v) is 14.4. The molecule has 0 amide bonds. The molecule has 3 saturated carbocycles. The predicted molar refractivity (Wildman–Crippen MR) is 91.6 cm³/mol. The summed E-state index contributed by atoms with van der Waals surface area (Å²) in [5.74, 6) is 3.85. The minimum atomic E-state index is -0.678. The Bertz CT molecular complexity index is 585. The van der Waals surface area contributed by atoms with Crippen LogP contribution in [0.5, 0.6) is 0 Å². The fraction of sp³-hybridized carbons (Fsp3) is 0.810. The van der Waals surface area contributed by atoms with Gasteiger partial charge in [-0.05, 0) is 81.6 Å². The third-order valence-corrected chi connectivity index (χ3v) is 8.08. The first-order valence-electron chi connectivity index (χ1n) is 9.54. The van der Waals surface area contributed by atoms with E-state index in [9.17, 15) is 10.2 Å². The van der Waals surface area contributed by atoms with Gasteiger partial charge in [0.1, 0.15) is 0 Å². The molecule has 0 bridgehead atoms. The molecule has 0 saturated heterocycles. The molecule has 5 atom stereocenters. The van der Waals surface area contributed by atoms with Crippen molar-refractivity contribution in [3.63, 3.8) is 0 Å². The SMILES string of the molecule is C#CC[C@]1(O)CC[C@H]2[C@@H]3CC[C@@]4(O)CCCCC4=C3CC[C@@]21C. The van der Waals surface area contributed by atoms with Crippen LogP contribution in [0, 0.1) is 29.6 Å². The third-order valence-electron chi connectivity index (χ3n) is 8.08. The minimum absolute atomic E-state index is 0.0434. The van der Waals surface area contributed by atoms with Gasteiger partial charge in [-0.3, -0.25) is 0 Å². The van der Waals surface area contributed by atoms with E-state index in [1.165, 1.54) is 18.4 Å². The van der Waals surface area contributed by atoms with Crippen LogP contribution in [0.15, 0.2) is 11.1 Å². The Kier molecular flexibility index (Phi) is 3.49. The molecule has 4 aliphatic rings. The van der Waals surface area contributed by atoms with Crippen molar-refractivity contribution >= 4 is 0 Å². The maximum Gasteiger partial charge on any atom is 0.0859 e. The smallest absolute Gasteiger partial charge is 0.0859 e. The number of hydrogen-bond acceptors (Lipinski definition) is 2. The van der Waals surface area contributed by atoms with Crippen LogP contribution in [0.3, 0.4) is 0 Å². The molecule has 0 aliphatic heterocycles. The van der Waals surface area contributed by atoms with Crippen LogP contribution < -0.4 is 0 Å². The fourth-order valence-corrected chi connectivity index (χ4v) is 6.67. The largest absolute Gasteiger partial charge is 0.388 e. The van der Waals surface area contributed by atoms with Gasteiger partial charge in [0.05, 0.1) is 11.2 Å². The summed E-state index contributed by atoms with van der Waals surface area (Å²) in [7, 11) is 0. The first kappa shape index (κ1) is 15.7. The lowest BCUT2D eigenvalue weighted by molar-refractivity contribution is -0.0901. The summed E-state index contributed by atoms with van der Waals surface area (Å²) in [6, 6.07) is 0. The van der Waals surface area contributed by atoms with Gasteiger partial charge in [-0.1, -0.05) is 12.5 Å². The zero-order chi connectivity index (χ0) is 16.3. The Balaban J connectivity index is 1.71. The van der Waals surface area contributed by atoms with Gasteiger partial charge in [-0.2, -0.15) is 0 Å². The summed E-state index contributed by atoms with van der Waals surface area (Å²) in [5.41, 5.74) is 1.76. The van der Waals surface area contributed by atoms with Crippen molar-refractivity contribution < 1.29 is 10.2 Å². The van der Waals surface area contributed by atoms with E-state index in [0.29, 0.717) is 18.3 Å². The summed E-state index contributed by atoms with van der Waals surface area (Å²) in [6.07, 6.45) is 16.6. The van der Waals surface area contributed by atoms with E-state index in [4.69, 9.17) is 6.42 Å². The van der Waals surface area contributed by atoms with Crippen LogP contribution in [0.2, 0.25) is 0 Å². The average Bonchev–Trinajstić information content (AvgIpc) is 2.79. The summed E-state index contributed by atoms with van der Waals surface area (Å²) < 4.78 is 0. The van der Waals surface area contributed by atoms with Gasteiger partial charge in [-0.25, -0.2) is 0 Å². The molecule has 126 valence electrons. The fourth-order valence-electron chi connectivity index (χ4n) is 6.67. The van der Waals surface area contributed by atoms with E-state index in [0.717, 1.165) is 51.4 Å². The molecule has 2 nitrogen and oxygen atoms in total. The first-order valence-corrected chi connectivity index (χ1v) is 9.54. The summed E-state index contributed by atoms with van der Waals surface area (Å²) in [6.45, 7) is 2.28. The molecule has 0 unspecified atom stereocenters. The van der Waals surface area contributed by atoms with E-state index in [1.807, 2.05) is 0 Å². The molecule has 4 rings (SSSR count). The first-order chi connectivity index (χ1) is 10.9. The van der Waals surface area contributed by atoms with Crippen molar-refractivity contribution in [3.05, 3.63) is 11.1 Å². The lowest BCUT2D eigenvalue weighted by Gasteiger charge is -2.54. The van der Waals surface area contributed by atoms with Crippen molar-refractivity contribution in [1.29, 1.82) is 0 Å². The van der Waals surface area contributed by atoms with Crippen LogP contribution in [0.1, 0.15) is 77.6 Å². The second kappa shape index (κ2) is 5.11. The number of aliphatic hydroxyl groups is 2. The normalized spacial score (nSPS) is 49.1. The maximum absolute atomic E-state index is 11.2. The molecular formula is C21H30O2. The lowest BCUT2D eigenvalue weighted by atomic mass is 9.53. The highest BCUT2D eigenvalue weighted by Gasteiger charge is 2.61. The van der Waals surface area contributed by atoms with Crippen LogP contribution in [0.4, 0.5) is 0 Å². The molecule has 0 aromatic heterocycles. The molecular weight excluding hydrogens is 284 g/mol. The van der Waals surface area contributed by atoms with Crippen LogP contribution in [0.25, 0.3) is 0 Å². The zero-order valence-electron chi connectivity index (χ0n) is 14.4. The Morgan fingerprint density at radius 1 is 1.09 bits per heavy atom. The number of fused-ring (bicyclic) bond motifs is 4. The van der Waals surface area contributed by atoms with Gasteiger partial charge in [0.2, 0.25) is 0 Å². The maximum atomic E-state index is 11.2. The minimum Gasteiger partial charge on any atom is -0.388 e. The van der Waals surface area contributed by atoms with Crippen LogP contribution >= 0.6 is 0 Å². The molecule has 0 spiro atoms. The average molecular weight is 314 g/mol. The van der Waals surface area contributed by atoms with Gasteiger partial charge in [0, 0.05) is 11.8 Å². The Morgan fingerprint density at radius 2 is 1.91 bits per heavy atom. The molecule has 3 fully saturated rings. The van der Waals surface area contributed by atoms with Crippen molar-refractivity contribution in [1.82, 2.24) is 0 Å². The molecule has 0 heterocycles. The Labute approximate surface area is 140 Å². The standard InChI is InChI=1S/C21H30O2/c1-3-10-21(23)14-9-17-15-8-13-20(22)11-5-4-6-18(20)16(15)7-12-19(17,21)2/h1,15,17,22-23H,4-14H2,2H3/t15-,17+,19+,20+,21+/m1/s1. The summed E-state index contributed by atoms with van der Waals surface area (Å²) in [4.78, 5) is 0. The topological polar surface area (TPSA) is 40.5 Å². The van der Waals surface area contributed by atoms with E-state index in [-0.39, 0.29) is 5.41 Å². The monoisotopic (exact) mass is 314 g/mol. The van der Waals surface area contributed by atoms with Crippen molar-refractivity contribution in [2.75, 3.05) is 0 Å². The molecule has 4 aliphatic carbocycles. The molecule has 0 aromatic rings. The number of allylic oxidation sites excluding steroid dienone is 1. The van der Waals surface area contributed by atoms with Crippen molar-refractivity contribution in [2.45, 2.75) is 88.8 Å². The van der Waals surface area contributed by atoms with Gasteiger partial charge < -0.3 is 10.2 Å². The van der Waals surface area contributed by atoms with Crippen LogP contribution in [-0.2, 0) is 0 Å². The van der Waals surface area contributed by atoms with E-state index < -0.39 is 11.2 Å². The highest BCUT2D eigenvalue weighted by molar-refractivity contribution is 5.34. The molecule has 0 aromatic carbocycles. The van der Waals surface area contributed by atoms with E-state index in [2.05, 4.69) is 12.8 Å². The highest BCUT2D eigenvalue weighted by Crippen LogP contribution is 2.64. The summed E-state index contributed by atoms with van der Waals surface area (Å²) >= 11 is 0. The second-order valence-corrected chi connectivity index (χ2v) is 8.86. The third kappa shape index (κ3) is 2.02. The number of rotatable bonds is 1. The van der Waals surface area contributed by atoms with Gasteiger partial charge in [0.15, 0.2) is 0 Å². The second-order valence-electron chi connectivity index (χ2n) is 8.86. The lowest BCUT2D eigenvalue weighted by Crippen LogP contribution is -2.51. The van der Waals surface area contributed by atoms with Crippen molar-refractivity contribution in [2.24, 2.45) is 17.3 Å². The molecule has 2 N–H and O–H groups in total. The number of hydrogen-bond donors (Lipinski definition) is 2. The van der Waals surface area contributed by atoms with Crippen LogP contribution in [-0.4, -0.2) is 21.4 Å². The molecule has 23 heavy (non-hydrogen) atoms. The Hall–Kier alpha value is -0.780. The number of terminal acetylenes is 1. The predicted octanol–water partition coefficient (Wildman–Crippen LogP) is 3.96. The summed E-state index contributed by atoms with van der Waals surface area (Å²) in [5, 5.41) is 22.3. The Morgan fingerprint density at radius 3 is 2.70 bits per heavy atom. The molecule has 0 radical (unpaired) electrons. The highest BCUT2D eigenvalue weighted by atomic mass is 16.3. The van der Waals surface area contributed by atoms with Gasteiger partial charge in [-0.15, -0.1) is 12.3 Å². The van der Waals surface area contributed by atoms with Crippen molar-refractivity contribution in [3.8, 4) is 12.3 Å². The van der Waals surface area contributed by atoms with E-state index >= 15 is 0 Å². The molecule has 2 heteroatoms. The van der Waals surface area contributed by atoms with E-state index in [1.54, 1.807) is 5.57 Å². The van der Waals surface area contributed by atoms with Gasteiger partial charge in [0.25, 0.3) is 0 Å². The van der Waals surface area contributed by atoms with Gasteiger partial charge >= 0.3 is 0 Å². The quantitative estimate of drug-likeness (QED) is 0.568.